The van der Waals surface area contributed by atoms with Crippen molar-refractivity contribution in [2.24, 2.45) is 0 Å². The first kappa shape index (κ1) is 18.5. The lowest BCUT2D eigenvalue weighted by Crippen LogP contribution is -2.30. The summed E-state index contributed by atoms with van der Waals surface area (Å²) in [7, 11) is 0. The second-order valence-electron chi connectivity index (χ2n) is 6.06. The van der Waals surface area contributed by atoms with Gasteiger partial charge in [-0.2, -0.15) is 5.10 Å². The molecule has 0 radical (unpaired) electrons. The van der Waals surface area contributed by atoms with Gasteiger partial charge in [0.25, 0.3) is 5.56 Å². The van der Waals surface area contributed by atoms with Crippen molar-refractivity contribution in [2.75, 3.05) is 0 Å². The molecule has 4 rings (SSSR count). The Hall–Kier alpha value is -2.91. The Bertz CT molecular complexity index is 1150. The van der Waals surface area contributed by atoms with Gasteiger partial charge in [0.1, 0.15) is 5.39 Å². The van der Waals surface area contributed by atoms with Crippen LogP contribution in [-0.4, -0.2) is 30.9 Å². The number of hydrogen-bond acceptors (Lipinski definition) is 6. The number of hydrogen-bond donors (Lipinski definition) is 2. The van der Waals surface area contributed by atoms with Gasteiger partial charge in [-0.1, -0.05) is 36.0 Å². The van der Waals surface area contributed by atoms with Crippen LogP contribution in [0.15, 0.2) is 64.0 Å². The molecule has 9 heteroatoms. The highest BCUT2D eigenvalue weighted by atomic mass is 32.2. The van der Waals surface area contributed by atoms with Gasteiger partial charge in [-0.3, -0.25) is 9.59 Å². The van der Waals surface area contributed by atoms with Crippen LogP contribution in [0.1, 0.15) is 11.8 Å². The number of nitrogens with zero attached hydrogens (tertiary/aromatic N) is 3. The molecular weight excluding hydrogens is 394 g/mol. The van der Waals surface area contributed by atoms with E-state index in [-0.39, 0.29) is 11.5 Å². The van der Waals surface area contributed by atoms with Crippen LogP contribution in [-0.2, 0) is 11.3 Å². The summed E-state index contributed by atoms with van der Waals surface area (Å²) < 4.78 is 1.62. The van der Waals surface area contributed by atoms with Crippen molar-refractivity contribution in [1.29, 1.82) is 0 Å². The summed E-state index contributed by atoms with van der Waals surface area (Å²) >= 11 is 2.80. The van der Waals surface area contributed by atoms with Gasteiger partial charge in [-0.05, 0) is 30.5 Å². The summed E-state index contributed by atoms with van der Waals surface area (Å²) in [4.78, 5) is 33.1. The highest BCUT2D eigenvalue weighted by Crippen LogP contribution is 2.21. The number of para-hydroxylation sites is 1. The quantitative estimate of drug-likeness (QED) is 0.376. The predicted octanol–water partition coefficient (Wildman–Crippen LogP) is 2.97. The molecule has 0 saturated carbocycles. The van der Waals surface area contributed by atoms with Crippen LogP contribution < -0.4 is 10.9 Å². The molecule has 142 valence electrons. The first-order valence-electron chi connectivity index (χ1n) is 8.62. The van der Waals surface area contributed by atoms with Crippen molar-refractivity contribution >= 4 is 40.0 Å². The molecule has 0 aliphatic rings. The molecule has 7 nitrogen and oxygen atoms in total. The third-order valence-corrected chi connectivity index (χ3v) is 5.95. The molecule has 2 N–H and O–H groups in total. The average Bonchev–Trinajstić information content (AvgIpc) is 3.36. The van der Waals surface area contributed by atoms with E-state index in [1.165, 1.54) is 18.0 Å². The van der Waals surface area contributed by atoms with E-state index in [1.807, 2.05) is 47.8 Å². The maximum absolute atomic E-state index is 12.4. The molecule has 3 heterocycles. The van der Waals surface area contributed by atoms with Gasteiger partial charge in [0, 0.05) is 4.88 Å². The van der Waals surface area contributed by atoms with E-state index >= 15 is 0 Å². The standard InChI is InChI=1S/C19H17N5O2S2/c1-12(17(25)20-10-14-8-5-9-27-14)28-19-22-16-15(18(26)23-19)11-21-24(16)13-6-3-2-4-7-13/h2-9,11-12H,10H2,1H3,(H,20,25)(H,22,23,26)/t12-/m0/s1. The van der Waals surface area contributed by atoms with Crippen LogP contribution in [0.3, 0.4) is 0 Å². The van der Waals surface area contributed by atoms with E-state index in [4.69, 9.17) is 0 Å². The second-order valence-corrected chi connectivity index (χ2v) is 8.42. The van der Waals surface area contributed by atoms with Crippen molar-refractivity contribution < 1.29 is 4.79 Å². The Morgan fingerprint density at radius 2 is 2.11 bits per heavy atom. The number of thioether (sulfide) groups is 1. The summed E-state index contributed by atoms with van der Waals surface area (Å²) in [5.74, 6) is -0.113. The number of H-pyrrole nitrogens is 1. The second kappa shape index (κ2) is 7.99. The third kappa shape index (κ3) is 3.85. The smallest absolute Gasteiger partial charge is 0.262 e. The van der Waals surface area contributed by atoms with Crippen molar-refractivity contribution in [3.8, 4) is 5.69 Å². The Morgan fingerprint density at radius 3 is 2.86 bits per heavy atom. The lowest BCUT2D eigenvalue weighted by atomic mass is 10.3. The highest BCUT2D eigenvalue weighted by Gasteiger charge is 2.18. The normalized spacial score (nSPS) is 12.2. The SMILES string of the molecule is C[C@H](Sc1nc2c(cnn2-c2ccccc2)c(=O)[nH]1)C(=O)NCc1cccs1. The molecule has 0 fully saturated rings. The minimum Gasteiger partial charge on any atom is -0.350 e. The largest absolute Gasteiger partial charge is 0.350 e. The number of carbonyl (C=O) groups is 1. The van der Waals surface area contributed by atoms with E-state index in [9.17, 15) is 9.59 Å². The summed E-state index contributed by atoms with van der Waals surface area (Å²) in [6.07, 6.45) is 1.50. The molecule has 0 saturated heterocycles. The van der Waals surface area contributed by atoms with Gasteiger partial charge in [0.05, 0.1) is 23.7 Å². The summed E-state index contributed by atoms with van der Waals surface area (Å²) in [5.41, 5.74) is 0.998. The van der Waals surface area contributed by atoms with Gasteiger partial charge in [0.2, 0.25) is 5.91 Å². The lowest BCUT2D eigenvalue weighted by Gasteiger charge is -2.11. The number of rotatable bonds is 6. The summed E-state index contributed by atoms with van der Waals surface area (Å²) in [6, 6.07) is 13.4. The van der Waals surface area contributed by atoms with E-state index in [0.29, 0.717) is 22.7 Å². The lowest BCUT2D eigenvalue weighted by molar-refractivity contribution is -0.120. The Kier molecular flexibility index (Phi) is 5.27. The maximum Gasteiger partial charge on any atom is 0.262 e. The Balaban J connectivity index is 1.55. The predicted molar refractivity (Wildman–Crippen MR) is 111 cm³/mol. The fourth-order valence-electron chi connectivity index (χ4n) is 2.66. The first-order chi connectivity index (χ1) is 13.6. The summed E-state index contributed by atoms with van der Waals surface area (Å²) in [5, 5.41) is 9.54. The number of carbonyl (C=O) groups excluding carboxylic acids is 1. The minimum atomic E-state index is -0.409. The van der Waals surface area contributed by atoms with Crippen LogP contribution in [0.5, 0.6) is 0 Å². The average molecular weight is 412 g/mol. The zero-order valence-corrected chi connectivity index (χ0v) is 16.6. The number of benzene rings is 1. The van der Waals surface area contributed by atoms with Crippen LogP contribution in [0, 0.1) is 0 Å². The van der Waals surface area contributed by atoms with Crippen LogP contribution in [0.4, 0.5) is 0 Å². The van der Waals surface area contributed by atoms with Crippen LogP contribution >= 0.6 is 23.1 Å². The maximum atomic E-state index is 12.4. The van der Waals surface area contributed by atoms with Crippen molar-refractivity contribution in [2.45, 2.75) is 23.9 Å². The molecule has 1 aromatic carbocycles. The summed E-state index contributed by atoms with van der Waals surface area (Å²) in [6.45, 7) is 2.28. The van der Waals surface area contributed by atoms with E-state index in [2.05, 4.69) is 20.4 Å². The zero-order valence-electron chi connectivity index (χ0n) is 15.0. The molecule has 0 aliphatic carbocycles. The molecule has 1 atom stereocenters. The van der Waals surface area contributed by atoms with Gasteiger partial charge in [0.15, 0.2) is 10.8 Å². The Labute approximate surface area is 168 Å². The molecule has 4 aromatic rings. The van der Waals surface area contributed by atoms with E-state index in [1.54, 1.807) is 22.9 Å². The number of amides is 1. The van der Waals surface area contributed by atoms with E-state index in [0.717, 1.165) is 10.6 Å². The number of aromatic nitrogens is 4. The molecule has 0 bridgehead atoms. The molecule has 28 heavy (non-hydrogen) atoms. The zero-order chi connectivity index (χ0) is 19.5. The molecule has 3 aromatic heterocycles. The van der Waals surface area contributed by atoms with Crippen molar-refractivity contribution in [3.63, 3.8) is 0 Å². The number of aromatic amines is 1. The Morgan fingerprint density at radius 1 is 1.29 bits per heavy atom. The van der Waals surface area contributed by atoms with E-state index < -0.39 is 5.25 Å². The molecule has 0 spiro atoms. The third-order valence-electron chi connectivity index (χ3n) is 4.09. The molecule has 0 unspecified atom stereocenters. The number of fused-ring (bicyclic) bond motifs is 1. The number of thiophene rings is 1. The van der Waals surface area contributed by atoms with Crippen molar-refractivity contribution in [1.82, 2.24) is 25.1 Å². The monoisotopic (exact) mass is 411 g/mol. The highest BCUT2D eigenvalue weighted by molar-refractivity contribution is 8.00. The van der Waals surface area contributed by atoms with Gasteiger partial charge >= 0.3 is 0 Å². The fraction of sp³-hybridized carbons (Fsp3) is 0.158. The fourth-order valence-corrected chi connectivity index (χ4v) is 4.13. The topological polar surface area (TPSA) is 92.7 Å². The van der Waals surface area contributed by atoms with Gasteiger partial charge in [-0.15, -0.1) is 11.3 Å². The van der Waals surface area contributed by atoms with Crippen molar-refractivity contribution in [3.05, 3.63) is 69.3 Å². The van der Waals surface area contributed by atoms with Crippen LogP contribution in [0.25, 0.3) is 16.7 Å². The minimum absolute atomic E-state index is 0.113. The molecule has 1 amide bonds. The van der Waals surface area contributed by atoms with Crippen LogP contribution in [0.2, 0.25) is 0 Å². The number of nitrogens with one attached hydrogen (secondary N) is 2. The molecule has 0 aliphatic heterocycles. The van der Waals surface area contributed by atoms with Gasteiger partial charge < -0.3 is 10.3 Å². The van der Waals surface area contributed by atoms with Gasteiger partial charge in [-0.25, -0.2) is 9.67 Å². The first-order valence-corrected chi connectivity index (χ1v) is 10.4. The molecular formula is C19H17N5O2S2.